The van der Waals surface area contributed by atoms with Crippen molar-refractivity contribution in [2.45, 2.75) is 9.79 Å². The minimum atomic E-state index is -4.15. The molecule has 1 aromatic carbocycles. The molecule has 0 aliphatic rings. The second kappa shape index (κ2) is 2.96. The van der Waals surface area contributed by atoms with Gasteiger partial charge in [0.2, 0.25) is 0 Å². The smallest absolute Gasteiger partial charge is 0.294 e. The predicted molar refractivity (Wildman–Crippen MR) is 47.9 cm³/mol. The molecule has 0 aromatic heterocycles. The highest BCUT2D eigenvalue weighted by molar-refractivity contribution is 7.86. The minimum absolute atomic E-state index is 0.207. The lowest BCUT2D eigenvalue weighted by Gasteiger charge is -2.00. The zero-order chi connectivity index (χ0) is 9.35. The summed E-state index contributed by atoms with van der Waals surface area (Å²) in [5, 5.41) is 0. The number of nitrogens with two attached hydrogens (primary N) is 1. The Morgan fingerprint density at radius 1 is 1.42 bits per heavy atom. The van der Waals surface area contributed by atoms with Crippen molar-refractivity contribution in [3.63, 3.8) is 0 Å². The van der Waals surface area contributed by atoms with E-state index in [-0.39, 0.29) is 4.90 Å². The lowest BCUT2D eigenvalue weighted by Crippen LogP contribution is -1.98. The van der Waals surface area contributed by atoms with Crippen molar-refractivity contribution in [2.75, 3.05) is 5.73 Å². The van der Waals surface area contributed by atoms with Gasteiger partial charge in [-0.2, -0.15) is 8.42 Å². The third-order valence-electron chi connectivity index (χ3n) is 1.30. The van der Waals surface area contributed by atoms with Crippen molar-refractivity contribution in [1.29, 1.82) is 0 Å². The summed E-state index contributed by atoms with van der Waals surface area (Å²) in [4.78, 5) is 0.117. The summed E-state index contributed by atoms with van der Waals surface area (Å²) in [6.45, 7) is 0. The fraction of sp³-hybridized carbons (Fsp3) is 0. The summed E-state index contributed by atoms with van der Waals surface area (Å²) >= 11 is 3.90. The Morgan fingerprint density at radius 3 is 2.42 bits per heavy atom. The van der Waals surface area contributed by atoms with E-state index in [0.717, 1.165) is 0 Å². The Labute approximate surface area is 75.6 Å². The molecule has 6 heteroatoms. The first-order chi connectivity index (χ1) is 5.41. The monoisotopic (exact) mass is 205 g/mol. The van der Waals surface area contributed by atoms with Gasteiger partial charge in [0.25, 0.3) is 10.1 Å². The van der Waals surface area contributed by atoms with Crippen molar-refractivity contribution >= 4 is 28.4 Å². The van der Waals surface area contributed by atoms with E-state index in [1.807, 2.05) is 0 Å². The van der Waals surface area contributed by atoms with Crippen LogP contribution in [-0.4, -0.2) is 13.0 Å². The molecule has 0 fully saturated rings. The lowest BCUT2D eigenvalue weighted by molar-refractivity contribution is 0.483. The standard InChI is InChI=1S/C6H7NO3S2/c7-5-2-1-4(3-6(5)11)12(8,9)10/h1-3,11H,7H2,(H,8,9,10). The molecule has 0 spiro atoms. The molecule has 1 aromatic rings. The van der Waals surface area contributed by atoms with Crippen molar-refractivity contribution in [3.05, 3.63) is 18.2 Å². The molecule has 4 nitrogen and oxygen atoms in total. The van der Waals surface area contributed by atoms with Crippen LogP contribution in [-0.2, 0) is 10.1 Å². The molecule has 0 atom stereocenters. The number of nitrogen functional groups attached to an aromatic ring is 1. The number of rotatable bonds is 1. The molecule has 12 heavy (non-hydrogen) atoms. The van der Waals surface area contributed by atoms with E-state index in [1.165, 1.54) is 18.2 Å². The van der Waals surface area contributed by atoms with Gasteiger partial charge in [-0.05, 0) is 18.2 Å². The highest BCUT2D eigenvalue weighted by Crippen LogP contribution is 2.20. The topological polar surface area (TPSA) is 80.4 Å². The summed E-state index contributed by atoms with van der Waals surface area (Å²) in [7, 11) is -4.15. The quantitative estimate of drug-likeness (QED) is 0.360. The third-order valence-corrected chi connectivity index (χ3v) is 2.54. The second-order valence-electron chi connectivity index (χ2n) is 2.20. The van der Waals surface area contributed by atoms with Crippen LogP contribution in [0.25, 0.3) is 0 Å². The maximum Gasteiger partial charge on any atom is 0.294 e. The highest BCUT2D eigenvalue weighted by atomic mass is 32.2. The molecule has 0 aliphatic heterocycles. The second-order valence-corrected chi connectivity index (χ2v) is 4.10. The van der Waals surface area contributed by atoms with E-state index in [4.69, 9.17) is 10.3 Å². The highest BCUT2D eigenvalue weighted by Gasteiger charge is 2.09. The largest absolute Gasteiger partial charge is 0.398 e. The minimum Gasteiger partial charge on any atom is -0.398 e. The Morgan fingerprint density at radius 2 is 2.00 bits per heavy atom. The average Bonchev–Trinajstić information content (AvgIpc) is 1.92. The lowest BCUT2D eigenvalue weighted by atomic mass is 10.3. The van der Waals surface area contributed by atoms with E-state index in [9.17, 15) is 8.42 Å². The maximum absolute atomic E-state index is 10.6. The Hall–Kier alpha value is -0.720. The van der Waals surface area contributed by atoms with Crippen LogP contribution in [0.3, 0.4) is 0 Å². The van der Waals surface area contributed by atoms with E-state index >= 15 is 0 Å². The summed E-state index contributed by atoms with van der Waals surface area (Å²) < 4.78 is 29.8. The van der Waals surface area contributed by atoms with Gasteiger partial charge in [-0.3, -0.25) is 4.55 Å². The first-order valence-corrected chi connectivity index (χ1v) is 4.86. The van der Waals surface area contributed by atoms with Gasteiger partial charge in [0.15, 0.2) is 0 Å². The van der Waals surface area contributed by atoms with Crippen LogP contribution in [0.5, 0.6) is 0 Å². The van der Waals surface area contributed by atoms with Crippen molar-refractivity contribution < 1.29 is 13.0 Å². The molecular formula is C6H7NO3S2. The van der Waals surface area contributed by atoms with Gasteiger partial charge >= 0.3 is 0 Å². The number of anilines is 1. The van der Waals surface area contributed by atoms with Crippen LogP contribution in [0.2, 0.25) is 0 Å². The molecule has 66 valence electrons. The summed E-state index contributed by atoms with van der Waals surface area (Å²) in [6, 6.07) is 3.77. The normalized spacial score (nSPS) is 11.5. The molecule has 0 unspecified atom stereocenters. The van der Waals surface area contributed by atoms with Gasteiger partial charge in [0.05, 0.1) is 4.90 Å². The third kappa shape index (κ3) is 1.90. The summed E-state index contributed by atoms with van der Waals surface area (Å²) in [5.41, 5.74) is 5.75. The van der Waals surface area contributed by atoms with E-state index in [0.29, 0.717) is 10.6 Å². The maximum atomic E-state index is 10.6. The molecule has 0 heterocycles. The summed E-state index contributed by atoms with van der Waals surface area (Å²) in [6.07, 6.45) is 0. The number of hydrogen-bond donors (Lipinski definition) is 3. The van der Waals surface area contributed by atoms with Gasteiger partial charge in [-0.15, -0.1) is 12.6 Å². The van der Waals surface area contributed by atoms with E-state index < -0.39 is 10.1 Å². The fourth-order valence-electron chi connectivity index (χ4n) is 0.684. The van der Waals surface area contributed by atoms with E-state index in [2.05, 4.69) is 12.6 Å². The van der Waals surface area contributed by atoms with E-state index in [1.54, 1.807) is 0 Å². The fourth-order valence-corrected chi connectivity index (χ4v) is 1.49. The Balaban J connectivity index is 3.33. The average molecular weight is 205 g/mol. The number of benzene rings is 1. The summed E-state index contributed by atoms with van der Waals surface area (Å²) in [5.74, 6) is 0. The van der Waals surface area contributed by atoms with Gasteiger partial charge in [-0.25, -0.2) is 0 Å². The SMILES string of the molecule is Nc1ccc(S(=O)(=O)O)cc1S. The molecule has 0 saturated carbocycles. The molecular weight excluding hydrogens is 198 g/mol. The van der Waals surface area contributed by atoms with Crippen LogP contribution in [0.1, 0.15) is 0 Å². The van der Waals surface area contributed by atoms with Crippen molar-refractivity contribution in [3.8, 4) is 0 Å². The van der Waals surface area contributed by atoms with Crippen LogP contribution < -0.4 is 5.73 Å². The van der Waals surface area contributed by atoms with Crippen LogP contribution in [0.4, 0.5) is 5.69 Å². The van der Waals surface area contributed by atoms with Gasteiger partial charge < -0.3 is 5.73 Å². The van der Waals surface area contributed by atoms with Gasteiger partial charge in [-0.1, -0.05) is 0 Å². The van der Waals surface area contributed by atoms with Crippen molar-refractivity contribution in [2.24, 2.45) is 0 Å². The molecule has 1 rings (SSSR count). The number of hydrogen-bond acceptors (Lipinski definition) is 4. The van der Waals surface area contributed by atoms with Gasteiger partial charge in [0, 0.05) is 10.6 Å². The molecule has 0 saturated heterocycles. The Kier molecular flexibility index (Phi) is 2.31. The molecule has 0 radical (unpaired) electrons. The molecule has 0 aliphatic carbocycles. The zero-order valence-electron chi connectivity index (χ0n) is 5.93. The Bertz CT molecular complexity index is 399. The molecule has 3 N–H and O–H groups in total. The van der Waals surface area contributed by atoms with Crippen LogP contribution in [0.15, 0.2) is 28.0 Å². The predicted octanol–water partition coefficient (Wildman–Crippen LogP) is 0.804. The first kappa shape index (κ1) is 9.37. The number of thiol groups is 1. The van der Waals surface area contributed by atoms with Crippen molar-refractivity contribution in [1.82, 2.24) is 0 Å². The first-order valence-electron chi connectivity index (χ1n) is 2.97. The zero-order valence-corrected chi connectivity index (χ0v) is 7.64. The van der Waals surface area contributed by atoms with Gasteiger partial charge in [0.1, 0.15) is 0 Å². The molecule has 0 bridgehead atoms. The van der Waals surface area contributed by atoms with Crippen LogP contribution >= 0.6 is 12.6 Å². The van der Waals surface area contributed by atoms with Crippen LogP contribution in [0, 0.1) is 0 Å². The molecule has 0 amide bonds.